The van der Waals surface area contributed by atoms with E-state index in [9.17, 15) is 14.0 Å². The third kappa shape index (κ3) is 5.18. The zero-order valence-electron chi connectivity index (χ0n) is 23.4. The molecule has 2 aromatic rings. The fourth-order valence-corrected chi connectivity index (χ4v) is 6.85. The van der Waals surface area contributed by atoms with E-state index in [0.717, 1.165) is 46.5 Å². The topological polar surface area (TPSA) is 55.8 Å². The Kier molecular flexibility index (Phi) is 7.03. The van der Waals surface area contributed by atoms with E-state index in [0.29, 0.717) is 28.8 Å². The number of hydrogen-bond donors (Lipinski definition) is 0. The van der Waals surface area contributed by atoms with E-state index in [1.165, 1.54) is 12.1 Å². The fraction of sp³-hybridized carbons (Fsp3) is 0.438. The van der Waals surface area contributed by atoms with Gasteiger partial charge in [-0.15, -0.1) is 0 Å². The second-order valence-electron chi connectivity index (χ2n) is 12.5. The molecule has 5 rings (SSSR count). The molecule has 0 fully saturated rings. The molecule has 39 heavy (non-hydrogen) atoms. The summed E-state index contributed by atoms with van der Waals surface area (Å²) in [5.74, 6) is 0.424. The Morgan fingerprint density at radius 3 is 1.97 bits per heavy atom. The lowest BCUT2D eigenvalue weighted by Crippen LogP contribution is -2.43. The highest BCUT2D eigenvalue weighted by Gasteiger charge is 2.48. The molecule has 0 spiro atoms. The normalized spacial score (nSPS) is 20.7. The highest BCUT2D eigenvalue weighted by atomic mass is 79.9. The van der Waals surface area contributed by atoms with E-state index in [2.05, 4.69) is 48.5 Å². The number of halogens is 2. The summed E-state index contributed by atoms with van der Waals surface area (Å²) in [6.07, 6.45) is 2.42. The van der Waals surface area contributed by atoms with Crippen molar-refractivity contribution in [2.24, 2.45) is 10.8 Å². The number of methoxy groups -OCH3 is 1. The smallest absolute Gasteiger partial charge is 0.175 e. The van der Waals surface area contributed by atoms with Crippen LogP contribution >= 0.6 is 15.9 Å². The van der Waals surface area contributed by atoms with E-state index in [1.807, 2.05) is 19.2 Å². The van der Waals surface area contributed by atoms with Crippen LogP contribution in [0.15, 0.2) is 63.4 Å². The van der Waals surface area contributed by atoms with E-state index >= 15 is 0 Å². The van der Waals surface area contributed by atoms with Gasteiger partial charge in [0.05, 0.1) is 11.6 Å². The van der Waals surface area contributed by atoms with Crippen LogP contribution in [-0.2, 0) is 16.2 Å². The lowest BCUT2D eigenvalue weighted by Gasteiger charge is -2.48. The zero-order chi connectivity index (χ0) is 28.3. The molecule has 0 saturated carbocycles. The first kappa shape index (κ1) is 27.6. The molecule has 2 aromatic carbocycles. The average Bonchev–Trinajstić information content (AvgIpc) is 2.84. The van der Waals surface area contributed by atoms with E-state index in [4.69, 9.17) is 9.47 Å². The maximum atomic E-state index is 13.8. The number of rotatable bonds is 5. The van der Waals surface area contributed by atoms with Crippen LogP contribution in [0.3, 0.4) is 0 Å². The lowest BCUT2D eigenvalue weighted by atomic mass is 9.64. The number of Topliss-reactive ketones (excluding diaryl/α,β-unsaturated/α-hetero) is 2. The van der Waals surface area contributed by atoms with Crippen molar-refractivity contribution in [3.05, 3.63) is 80.4 Å². The molecule has 0 N–H and O–H groups in total. The van der Waals surface area contributed by atoms with Gasteiger partial charge < -0.3 is 14.4 Å². The Hall–Kier alpha value is -2.93. The minimum Gasteiger partial charge on any atom is -0.493 e. The van der Waals surface area contributed by atoms with E-state index in [-0.39, 0.29) is 34.8 Å². The van der Waals surface area contributed by atoms with Crippen LogP contribution < -0.4 is 9.47 Å². The van der Waals surface area contributed by atoms with Crippen molar-refractivity contribution < 1.29 is 23.5 Å². The molecule has 5 nitrogen and oxygen atoms in total. The first-order valence-electron chi connectivity index (χ1n) is 13.3. The predicted molar refractivity (Wildman–Crippen MR) is 152 cm³/mol. The van der Waals surface area contributed by atoms with Crippen molar-refractivity contribution in [3.8, 4) is 11.5 Å². The van der Waals surface area contributed by atoms with Crippen molar-refractivity contribution in [2.45, 2.75) is 65.9 Å². The van der Waals surface area contributed by atoms with E-state index < -0.39 is 5.92 Å². The van der Waals surface area contributed by atoms with Crippen LogP contribution in [0.4, 0.5) is 4.39 Å². The summed E-state index contributed by atoms with van der Waals surface area (Å²) >= 11 is 3.67. The van der Waals surface area contributed by atoms with Crippen LogP contribution in [0.1, 0.15) is 70.4 Å². The number of allylic oxidation sites excluding steroid dienone is 4. The van der Waals surface area contributed by atoms with Crippen molar-refractivity contribution in [2.75, 3.05) is 14.2 Å². The van der Waals surface area contributed by atoms with Crippen LogP contribution in [0.25, 0.3) is 0 Å². The van der Waals surface area contributed by atoms with Gasteiger partial charge in [0.25, 0.3) is 0 Å². The minimum atomic E-state index is -0.463. The molecule has 0 saturated heterocycles. The number of ketones is 2. The summed E-state index contributed by atoms with van der Waals surface area (Å²) in [6, 6.07) is 9.98. The lowest BCUT2D eigenvalue weighted by molar-refractivity contribution is -0.119. The SMILES string of the molecule is COc1cc(C2C3=C(CC(C)(C)CC3=O)N(C)C3=C2C(=O)CC(C)(C)C3)cc(Br)c1OCc1ccc(F)cc1. The Bertz CT molecular complexity index is 1370. The molecule has 0 bridgehead atoms. The van der Waals surface area contributed by atoms with Crippen molar-refractivity contribution in [1.82, 2.24) is 4.90 Å². The second-order valence-corrected chi connectivity index (χ2v) is 13.4. The zero-order valence-corrected chi connectivity index (χ0v) is 25.0. The maximum Gasteiger partial charge on any atom is 0.175 e. The van der Waals surface area contributed by atoms with Gasteiger partial charge in [-0.2, -0.15) is 0 Å². The highest BCUT2D eigenvalue weighted by Crippen LogP contribution is 2.55. The van der Waals surface area contributed by atoms with Crippen molar-refractivity contribution in [1.29, 1.82) is 0 Å². The molecule has 3 aliphatic rings. The van der Waals surface area contributed by atoms with Gasteiger partial charge in [-0.1, -0.05) is 39.8 Å². The molecular weight excluding hydrogens is 561 g/mol. The Morgan fingerprint density at radius 2 is 1.46 bits per heavy atom. The van der Waals surface area contributed by atoms with Gasteiger partial charge in [0, 0.05) is 48.3 Å². The summed E-state index contributed by atoms with van der Waals surface area (Å²) in [5, 5.41) is 0. The summed E-state index contributed by atoms with van der Waals surface area (Å²) in [4.78, 5) is 29.6. The number of ether oxygens (including phenoxy) is 2. The third-order valence-corrected chi connectivity index (χ3v) is 8.65. The number of carbonyl (C=O) groups excluding carboxylic acids is 2. The van der Waals surface area contributed by atoms with Gasteiger partial charge in [-0.05, 0) is 75.0 Å². The molecule has 0 unspecified atom stereocenters. The number of hydrogen-bond acceptors (Lipinski definition) is 5. The number of benzene rings is 2. The summed E-state index contributed by atoms with van der Waals surface area (Å²) in [6.45, 7) is 8.75. The second kappa shape index (κ2) is 9.92. The van der Waals surface area contributed by atoms with Gasteiger partial charge in [-0.3, -0.25) is 9.59 Å². The summed E-state index contributed by atoms with van der Waals surface area (Å²) < 4.78 is 25.8. The molecule has 0 atom stereocenters. The third-order valence-electron chi connectivity index (χ3n) is 8.06. The monoisotopic (exact) mass is 595 g/mol. The van der Waals surface area contributed by atoms with Gasteiger partial charge in [0.1, 0.15) is 12.4 Å². The average molecular weight is 597 g/mol. The molecular formula is C32H35BrFNO4. The molecule has 0 amide bonds. The van der Waals surface area contributed by atoms with Crippen molar-refractivity contribution in [3.63, 3.8) is 0 Å². The number of nitrogens with zero attached hydrogens (tertiary/aromatic N) is 1. The maximum absolute atomic E-state index is 13.8. The Balaban J connectivity index is 1.62. The molecule has 1 heterocycles. The molecule has 0 aromatic heterocycles. The summed E-state index contributed by atoms with van der Waals surface area (Å²) in [5.41, 5.74) is 4.79. The van der Waals surface area contributed by atoms with Gasteiger partial charge in [0.2, 0.25) is 0 Å². The molecule has 206 valence electrons. The van der Waals surface area contributed by atoms with Crippen LogP contribution in [0.2, 0.25) is 0 Å². The van der Waals surface area contributed by atoms with Gasteiger partial charge >= 0.3 is 0 Å². The van der Waals surface area contributed by atoms with Crippen molar-refractivity contribution >= 4 is 27.5 Å². The van der Waals surface area contributed by atoms with Crippen LogP contribution in [-0.4, -0.2) is 30.6 Å². The Morgan fingerprint density at radius 1 is 0.923 bits per heavy atom. The Labute approximate surface area is 238 Å². The van der Waals surface area contributed by atoms with Gasteiger partial charge in [-0.25, -0.2) is 4.39 Å². The molecule has 0 radical (unpaired) electrons. The quantitative estimate of drug-likeness (QED) is 0.358. The number of carbonyl (C=O) groups is 2. The van der Waals surface area contributed by atoms with Gasteiger partial charge in [0.15, 0.2) is 23.1 Å². The molecule has 1 aliphatic heterocycles. The van der Waals surface area contributed by atoms with Crippen LogP contribution in [0, 0.1) is 16.6 Å². The predicted octanol–water partition coefficient (Wildman–Crippen LogP) is 7.49. The largest absolute Gasteiger partial charge is 0.493 e. The first-order valence-corrected chi connectivity index (χ1v) is 14.1. The molecule has 2 aliphatic carbocycles. The molecule has 7 heteroatoms. The fourth-order valence-electron chi connectivity index (χ4n) is 6.28. The minimum absolute atomic E-state index is 0.0917. The van der Waals surface area contributed by atoms with E-state index in [1.54, 1.807) is 19.2 Å². The standard InChI is InChI=1S/C32H35BrFNO4/c1-31(2)13-22-28(24(36)15-31)27(29-23(35(22)5)14-32(3,4)16-25(29)37)19-11-21(33)30(26(12-19)38-6)39-17-18-7-9-20(34)10-8-18/h7-12,27H,13-17H2,1-6H3. The summed E-state index contributed by atoms with van der Waals surface area (Å²) in [7, 11) is 3.58. The van der Waals surface area contributed by atoms with Crippen LogP contribution in [0.5, 0.6) is 11.5 Å². The highest BCUT2D eigenvalue weighted by molar-refractivity contribution is 9.10. The first-order chi connectivity index (χ1) is 18.3.